The molecule has 0 saturated carbocycles. The van der Waals surface area contributed by atoms with Gasteiger partial charge in [-0.15, -0.1) is 0 Å². The van der Waals surface area contributed by atoms with Gasteiger partial charge in [-0.25, -0.2) is 4.85 Å². The number of nitrogens with zero attached hydrogens (tertiary/aromatic N) is 1. The van der Waals surface area contributed by atoms with Crippen LogP contribution in [-0.4, -0.2) is 0 Å². The van der Waals surface area contributed by atoms with Gasteiger partial charge in [0.1, 0.15) is 0 Å². The van der Waals surface area contributed by atoms with Crippen LogP contribution in [0.5, 0.6) is 0 Å². The largest absolute Gasteiger partial charge is 0.416 e. The molecule has 2 rings (SSSR count). The highest BCUT2D eigenvalue weighted by Crippen LogP contribution is 2.34. The fourth-order valence-corrected chi connectivity index (χ4v) is 2.04. The molecule has 0 N–H and O–H groups in total. The lowest BCUT2D eigenvalue weighted by Gasteiger charge is -2.10. The van der Waals surface area contributed by atoms with Gasteiger partial charge in [0.2, 0.25) is 0 Å². The van der Waals surface area contributed by atoms with E-state index in [1.165, 1.54) is 12.1 Å². The van der Waals surface area contributed by atoms with Crippen molar-refractivity contribution in [3.05, 3.63) is 52.4 Å². The zero-order valence-electron chi connectivity index (χ0n) is 10.7. The number of allylic oxidation sites excluding steroid dienone is 2. The Balaban J connectivity index is 2.39. The van der Waals surface area contributed by atoms with Crippen molar-refractivity contribution < 1.29 is 13.2 Å². The van der Waals surface area contributed by atoms with Gasteiger partial charge in [-0.3, -0.25) is 0 Å². The molecule has 20 heavy (non-hydrogen) atoms. The standard InChI is InChI=1S/C16H12F3N/c1-20-14-10-9-13(15(11-14)16(17,18)19)8-7-12-5-3-2-4-6-12/h5,9-11H,2-4,6H2. The Kier molecular flexibility index (Phi) is 4.15. The van der Waals surface area contributed by atoms with Crippen molar-refractivity contribution >= 4 is 5.69 Å². The number of halogens is 3. The van der Waals surface area contributed by atoms with Crippen LogP contribution in [0.4, 0.5) is 18.9 Å². The van der Waals surface area contributed by atoms with E-state index in [-0.39, 0.29) is 11.3 Å². The fourth-order valence-electron chi connectivity index (χ4n) is 2.04. The monoisotopic (exact) mass is 275 g/mol. The molecular formula is C16H12F3N. The molecule has 0 fully saturated rings. The SMILES string of the molecule is [C-]#[N+]c1ccc(C#CC2=CCCCC2)c(C(F)(F)F)c1. The molecule has 0 heterocycles. The van der Waals surface area contributed by atoms with Crippen molar-refractivity contribution in [2.75, 3.05) is 0 Å². The molecular weight excluding hydrogens is 263 g/mol. The third kappa shape index (κ3) is 3.42. The van der Waals surface area contributed by atoms with Crippen LogP contribution < -0.4 is 0 Å². The highest BCUT2D eigenvalue weighted by molar-refractivity contribution is 5.55. The molecule has 4 heteroatoms. The predicted octanol–water partition coefficient (Wildman–Crippen LogP) is 5.11. The maximum Gasteiger partial charge on any atom is 0.416 e. The van der Waals surface area contributed by atoms with Crippen LogP contribution in [0.2, 0.25) is 0 Å². The average Bonchev–Trinajstić information content (AvgIpc) is 2.45. The molecule has 1 aromatic rings. The van der Waals surface area contributed by atoms with E-state index in [2.05, 4.69) is 16.7 Å². The van der Waals surface area contributed by atoms with Gasteiger partial charge < -0.3 is 0 Å². The van der Waals surface area contributed by atoms with Crippen LogP contribution in [0, 0.1) is 18.4 Å². The second-order valence-corrected chi connectivity index (χ2v) is 4.56. The first-order valence-electron chi connectivity index (χ1n) is 6.30. The van der Waals surface area contributed by atoms with E-state index < -0.39 is 11.7 Å². The van der Waals surface area contributed by atoms with Gasteiger partial charge in [-0.1, -0.05) is 30.0 Å². The molecule has 102 valence electrons. The predicted molar refractivity (Wildman–Crippen MR) is 71.1 cm³/mol. The van der Waals surface area contributed by atoms with Crippen LogP contribution in [0.3, 0.4) is 0 Å². The summed E-state index contributed by atoms with van der Waals surface area (Å²) in [6.07, 6.45) is 1.40. The number of hydrogen-bond donors (Lipinski definition) is 0. The highest BCUT2D eigenvalue weighted by atomic mass is 19.4. The second kappa shape index (κ2) is 5.84. The third-order valence-corrected chi connectivity index (χ3v) is 3.09. The van der Waals surface area contributed by atoms with Gasteiger partial charge in [0, 0.05) is 5.56 Å². The summed E-state index contributed by atoms with van der Waals surface area (Å²) in [5.41, 5.74) is -0.0373. The summed E-state index contributed by atoms with van der Waals surface area (Å²) < 4.78 is 38.8. The molecule has 0 amide bonds. The lowest BCUT2D eigenvalue weighted by atomic mass is 9.99. The van der Waals surface area contributed by atoms with Gasteiger partial charge in [0.25, 0.3) is 0 Å². The number of hydrogen-bond acceptors (Lipinski definition) is 0. The highest BCUT2D eigenvalue weighted by Gasteiger charge is 2.33. The first-order chi connectivity index (χ1) is 9.50. The van der Waals surface area contributed by atoms with Gasteiger partial charge in [-0.2, -0.15) is 13.2 Å². The van der Waals surface area contributed by atoms with E-state index in [9.17, 15) is 13.2 Å². The van der Waals surface area contributed by atoms with Crippen molar-refractivity contribution in [1.29, 1.82) is 0 Å². The fraction of sp³-hybridized carbons (Fsp3) is 0.312. The summed E-state index contributed by atoms with van der Waals surface area (Å²) >= 11 is 0. The Morgan fingerprint density at radius 3 is 2.55 bits per heavy atom. The number of rotatable bonds is 0. The summed E-state index contributed by atoms with van der Waals surface area (Å²) in [6.45, 7) is 6.79. The lowest BCUT2D eigenvalue weighted by molar-refractivity contribution is -0.137. The first-order valence-corrected chi connectivity index (χ1v) is 6.30. The van der Waals surface area contributed by atoms with Crippen LogP contribution in [0.25, 0.3) is 4.85 Å². The van der Waals surface area contributed by atoms with E-state index in [0.29, 0.717) is 0 Å². The molecule has 1 aliphatic carbocycles. The Hall–Kier alpha value is -2.20. The maximum absolute atomic E-state index is 12.9. The molecule has 0 bridgehead atoms. The smallest absolute Gasteiger partial charge is 0.238 e. The van der Waals surface area contributed by atoms with Crippen LogP contribution >= 0.6 is 0 Å². The summed E-state index contributed by atoms with van der Waals surface area (Å²) in [6, 6.07) is 3.49. The van der Waals surface area contributed by atoms with Crippen molar-refractivity contribution in [3.8, 4) is 11.8 Å². The molecule has 0 aliphatic heterocycles. The van der Waals surface area contributed by atoms with Crippen LogP contribution in [-0.2, 0) is 6.18 Å². The van der Waals surface area contributed by atoms with Crippen molar-refractivity contribution in [2.24, 2.45) is 0 Å². The zero-order valence-corrected chi connectivity index (χ0v) is 10.7. The minimum absolute atomic E-state index is 0.0280. The normalized spacial score (nSPS) is 14.8. The quantitative estimate of drug-likeness (QED) is 0.458. The molecule has 1 nitrogen and oxygen atoms in total. The topological polar surface area (TPSA) is 4.36 Å². The van der Waals surface area contributed by atoms with E-state index in [0.717, 1.165) is 37.3 Å². The Morgan fingerprint density at radius 2 is 1.95 bits per heavy atom. The van der Waals surface area contributed by atoms with Crippen LogP contribution in [0.15, 0.2) is 29.8 Å². The zero-order chi connectivity index (χ0) is 14.6. The summed E-state index contributed by atoms with van der Waals surface area (Å²) in [4.78, 5) is 3.03. The molecule has 0 saturated heterocycles. The second-order valence-electron chi connectivity index (χ2n) is 4.56. The van der Waals surface area contributed by atoms with Gasteiger partial charge in [0.15, 0.2) is 5.69 Å². The summed E-state index contributed by atoms with van der Waals surface area (Å²) in [5, 5.41) is 0. The van der Waals surface area contributed by atoms with E-state index in [1.807, 2.05) is 6.08 Å². The lowest BCUT2D eigenvalue weighted by Crippen LogP contribution is -2.07. The number of benzene rings is 1. The minimum atomic E-state index is -4.49. The molecule has 0 atom stereocenters. The average molecular weight is 275 g/mol. The summed E-state index contributed by atoms with van der Waals surface area (Å²) in [5.74, 6) is 5.42. The number of alkyl halides is 3. The minimum Gasteiger partial charge on any atom is -0.238 e. The van der Waals surface area contributed by atoms with Gasteiger partial charge in [0.05, 0.1) is 12.1 Å². The molecule has 1 aliphatic rings. The third-order valence-electron chi connectivity index (χ3n) is 3.09. The Morgan fingerprint density at radius 1 is 1.15 bits per heavy atom. The Labute approximate surface area is 115 Å². The van der Waals surface area contributed by atoms with Gasteiger partial charge in [-0.05, 0) is 37.3 Å². The van der Waals surface area contributed by atoms with Crippen molar-refractivity contribution in [3.63, 3.8) is 0 Å². The van der Waals surface area contributed by atoms with E-state index in [1.54, 1.807) is 0 Å². The molecule has 0 aromatic heterocycles. The van der Waals surface area contributed by atoms with Crippen LogP contribution in [0.1, 0.15) is 36.8 Å². The Bertz CT molecular complexity index is 636. The van der Waals surface area contributed by atoms with Gasteiger partial charge >= 0.3 is 6.18 Å². The van der Waals surface area contributed by atoms with Crippen molar-refractivity contribution in [1.82, 2.24) is 0 Å². The van der Waals surface area contributed by atoms with E-state index >= 15 is 0 Å². The molecule has 0 radical (unpaired) electrons. The molecule has 1 aromatic carbocycles. The maximum atomic E-state index is 12.9. The van der Waals surface area contributed by atoms with E-state index in [4.69, 9.17) is 6.57 Å². The van der Waals surface area contributed by atoms with Crippen molar-refractivity contribution in [2.45, 2.75) is 31.9 Å². The summed E-state index contributed by atoms with van der Waals surface area (Å²) in [7, 11) is 0. The molecule has 0 spiro atoms. The first kappa shape index (κ1) is 14.2. The molecule has 0 unspecified atom stereocenters.